The molecule has 3 aromatic carbocycles. The van der Waals surface area contributed by atoms with E-state index >= 15 is 0 Å². The molecule has 4 aromatic rings. The van der Waals surface area contributed by atoms with Gasteiger partial charge in [-0.3, -0.25) is 4.79 Å². The monoisotopic (exact) mass is 478 g/mol. The Morgan fingerprint density at radius 3 is 2.58 bits per heavy atom. The van der Waals surface area contributed by atoms with Crippen LogP contribution in [-0.4, -0.2) is 11.9 Å². The van der Waals surface area contributed by atoms with Crippen LogP contribution in [0.5, 0.6) is 0 Å². The fourth-order valence-corrected chi connectivity index (χ4v) is 5.10. The van der Waals surface area contributed by atoms with Crippen LogP contribution in [0.2, 0.25) is 5.02 Å². The molecule has 1 unspecified atom stereocenters. The molecule has 1 N–H and O–H groups in total. The van der Waals surface area contributed by atoms with Gasteiger partial charge in [-0.25, -0.2) is 4.39 Å². The molecule has 0 saturated carbocycles. The predicted molar refractivity (Wildman–Crippen MR) is 138 cm³/mol. The molecule has 4 rings (SSSR count). The summed E-state index contributed by atoms with van der Waals surface area (Å²) in [6, 6.07) is 20.4. The molecule has 0 aliphatic rings. The SMILES string of the molecule is [CH2]C(NC(=O)c1cccc(-c2cccc3cc(Cc4cc(F)cc(Cl)c4)sc23)c1)C(C)(C)C. The highest BCUT2D eigenvalue weighted by Crippen LogP contribution is 2.36. The number of thiophene rings is 1. The Kier molecular flexibility index (Phi) is 6.60. The van der Waals surface area contributed by atoms with Crippen LogP contribution < -0.4 is 5.32 Å². The number of hydrogen-bond donors (Lipinski definition) is 1. The highest BCUT2D eigenvalue weighted by Gasteiger charge is 2.22. The fraction of sp³-hybridized carbons (Fsp3) is 0.214. The molecule has 1 radical (unpaired) electrons. The van der Waals surface area contributed by atoms with Gasteiger partial charge in [0, 0.05) is 32.6 Å². The van der Waals surface area contributed by atoms with Gasteiger partial charge in [0.2, 0.25) is 0 Å². The Balaban J connectivity index is 1.65. The van der Waals surface area contributed by atoms with Crippen molar-refractivity contribution in [1.82, 2.24) is 5.32 Å². The van der Waals surface area contributed by atoms with Crippen molar-refractivity contribution in [2.75, 3.05) is 0 Å². The van der Waals surface area contributed by atoms with Crippen LogP contribution in [0.25, 0.3) is 21.2 Å². The minimum Gasteiger partial charge on any atom is -0.349 e. The summed E-state index contributed by atoms with van der Waals surface area (Å²) >= 11 is 7.70. The fourth-order valence-electron chi connectivity index (χ4n) is 3.63. The number of carbonyl (C=O) groups excluding carboxylic acids is 1. The number of hydrogen-bond acceptors (Lipinski definition) is 2. The summed E-state index contributed by atoms with van der Waals surface area (Å²) in [5.41, 5.74) is 3.37. The summed E-state index contributed by atoms with van der Waals surface area (Å²) in [7, 11) is 0. The number of amides is 1. The molecule has 5 heteroatoms. The van der Waals surface area contributed by atoms with Crippen molar-refractivity contribution in [2.45, 2.75) is 33.2 Å². The zero-order chi connectivity index (χ0) is 23.8. The Morgan fingerprint density at radius 1 is 1.09 bits per heavy atom. The predicted octanol–water partition coefficient (Wildman–Crippen LogP) is 7.93. The van der Waals surface area contributed by atoms with Crippen molar-refractivity contribution in [3.8, 4) is 11.1 Å². The average Bonchev–Trinajstić information content (AvgIpc) is 3.14. The summed E-state index contributed by atoms with van der Waals surface area (Å²) in [5, 5.41) is 4.53. The molecule has 0 spiro atoms. The van der Waals surface area contributed by atoms with Gasteiger partial charge in [-0.1, -0.05) is 62.7 Å². The molecule has 1 heterocycles. The van der Waals surface area contributed by atoms with Crippen LogP contribution in [0.4, 0.5) is 4.39 Å². The first kappa shape index (κ1) is 23.5. The van der Waals surface area contributed by atoms with Gasteiger partial charge in [-0.15, -0.1) is 11.3 Å². The van der Waals surface area contributed by atoms with E-state index in [1.54, 1.807) is 17.4 Å². The van der Waals surface area contributed by atoms with Gasteiger partial charge in [0.05, 0.1) is 0 Å². The highest BCUT2D eigenvalue weighted by atomic mass is 35.5. The maximum absolute atomic E-state index is 13.8. The average molecular weight is 479 g/mol. The van der Waals surface area contributed by atoms with Gasteiger partial charge in [0.25, 0.3) is 5.91 Å². The summed E-state index contributed by atoms with van der Waals surface area (Å²) in [5.74, 6) is -0.459. The van der Waals surface area contributed by atoms with Crippen LogP contribution in [0.3, 0.4) is 0 Å². The zero-order valence-electron chi connectivity index (χ0n) is 18.9. The van der Waals surface area contributed by atoms with Crippen molar-refractivity contribution in [3.05, 3.63) is 100 Å². The smallest absolute Gasteiger partial charge is 0.251 e. The van der Waals surface area contributed by atoms with E-state index in [-0.39, 0.29) is 23.2 Å². The van der Waals surface area contributed by atoms with Crippen LogP contribution in [0, 0.1) is 18.2 Å². The molecule has 0 bridgehead atoms. The summed E-state index contributed by atoms with van der Waals surface area (Å²) < 4.78 is 14.9. The van der Waals surface area contributed by atoms with E-state index in [0.29, 0.717) is 17.0 Å². The van der Waals surface area contributed by atoms with E-state index in [1.807, 2.05) is 51.1 Å². The van der Waals surface area contributed by atoms with Crippen molar-refractivity contribution >= 4 is 38.9 Å². The summed E-state index contributed by atoms with van der Waals surface area (Å²) in [6.45, 7) is 10.2. The minimum atomic E-state index is -0.328. The van der Waals surface area contributed by atoms with Crippen LogP contribution in [-0.2, 0) is 6.42 Å². The number of fused-ring (bicyclic) bond motifs is 1. The Hall–Kier alpha value is -2.69. The Labute approximate surface area is 203 Å². The van der Waals surface area contributed by atoms with Crippen LogP contribution in [0.15, 0.2) is 66.7 Å². The number of halogens is 2. The molecular weight excluding hydrogens is 453 g/mol. The third-order valence-corrected chi connectivity index (χ3v) is 7.08. The third-order valence-electron chi connectivity index (χ3n) is 5.68. The second kappa shape index (κ2) is 9.28. The molecule has 0 fully saturated rings. The molecule has 0 aliphatic heterocycles. The van der Waals surface area contributed by atoms with Gasteiger partial charge >= 0.3 is 0 Å². The molecule has 0 aliphatic carbocycles. The lowest BCUT2D eigenvalue weighted by molar-refractivity contribution is 0.0919. The quantitative estimate of drug-likeness (QED) is 0.310. The molecular formula is C28H26ClFNOS. The highest BCUT2D eigenvalue weighted by molar-refractivity contribution is 7.19. The van der Waals surface area contributed by atoms with Crippen LogP contribution >= 0.6 is 22.9 Å². The molecule has 2 nitrogen and oxygen atoms in total. The first-order chi connectivity index (χ1) is 15.6. The lowest BCUT2D eigenvalue weighted by Crippen LogP contribution is -2.41. The number of rotatable bonds is 5. The van der Waals surface area contributed by atoms with Crippen molar-refractivity contribution < 1.29 is 9.18 Å². The van der Waals surface area contributed by atoms with Crippen LogP contribution in [0.1, 0.15) is 41.6 Å². The molecule has 1 amide bonds. The topological polar surface area (TPSA) is 29.1 Å². The van der Waals surface area contributed by atoms with E-state index in [4.69, 9.17) is 11.6 Å². The number of nitrogens with one attached hydrogen (secondary N) is 1. The van der Waals surface area contributed by atoms with Crippen molar-refractivity contribution in [3.63, 3.8) is 0 Å². The lowest BCUT2D eigenvalue weighted by Gasteiger charge is -2.28. The van der Waals surface area contributed by atoms with Gasteiger partial charge in [-0.2, -0.15) is 0 Å². The molecule has 169 valence electrons. The van der Waals surface area contributed by atoms with Crippen molar-refractivity contribution in [1.29, 1.82) is 0 Å². The third kappa shape index (κ3) is 5.45. The van der Waals surface area contributed by atoms with E-state index in [2.05, 4.69) is 30.4 Å². The maximum Gasteiger partial charge on any atom is 0.251 e. The van der Waals surface area contributed by atoms with E-state index < -0.39 is 0 Å². The van der Waals surface area contributed by atoms with E-state index in [9.17, 15) is 9.18 Å². The normalized spacial score (nSPS) is 12.7. The molecule has 1 atom stereocenters. The second-order valence-corrected chi connectivity index (χ2v) is 10.9. The molecule has 0 saturated heterocycles. The van der Waals surface area contributed by atoms with Gasteiger partial charge in [0.1, 0.15) is 5.82 Å². The standard InChI is InChI=1S/C28H26ClFNOS/c1-17(28(2,3)4)31-27(32)21-9-5-7-19(14-21)25-10-6-8-20-15-24(33-26(20)25)13-18-11-22(29)16-23(30)12-18/h5-12,14-17H,1,13H2,2-4H3,(H,31,32). The van der Waals surface area contributed by atoms with Gasteiger partial charge < -0.3 is 5.32 Å². The number of carbonyl (C=O) groups is 1. The van der Waals surface area contributed by atoms with Gasteiger partial charge in [-0.05, 0) is 70.8 Å². The first-order valence-electron chi connectivity index (χ1n) is 10.8. The maximum atomic E-state index is 13.8. The number of benzene rings is 3. The summed E-state index contributed by atoms with van der Waals surface area (Å²) in [6.07, 6.45) is 0.608. The molecule has 33 heavy (non-hydrogen) atoms. The van der Waals surface area contributed by atoms with E-state index in [0.717, 1.165) is 31.7 Å². The first-order valence-corrected chi connectivity index (χ1v) is 12.0. The zero-order valence-corrected chi connectivity index (χ0v) is 20.5. The Morgan fingerprint density at radius 2 is 1.85 bits per heavy atom. The van der Waals surface area contributed by atoms with E-state index in [1.165, 1.54) is 12.1 Å². The Bertz CT molecular complexity index is 1300. The summed E-state index contributed by atoms with van der Waals surface area (Å²) in [4.78, 5) is 13.9. The molecule has 1 aromatic heterocycles. The minimum absolute atomic E-state index is 0.127. The van der Waals surface area contributed by atoms with Crippen molar-refractivity contribution in [2.24, 2.45) is 5.41 Å². The lowest BCUT2D eigenvalue weighted by atomic mass is 9.88. The second-order valence-electron chi connectivity index (χ2n) is 9.36. The largest absolute Gasteiger partial charge is 0.349 e. The van der Waals surface area contributed by atoms with Gasteiger partial charge in [0.15, 0.2) is 0 Å².